The Hall–Kier alpha value is -3.06. The minimum atomic E-state index is 0.0413. The lowest BCUT2D eigenvalue weighted by Gasteiger charge is -2.21. The minimum absolute atomic E-state index is 0.0413. The third-order valence-corrected chi connectivity index (χ3v) is 5.02. The highest BCUT2D eigenvalue weighted by Gasteiger charge is 2.21. The van der Waals surface area contributed by atoms with Crippen LogP contribution >= 0.6 is 0 Å². The molecule has 1 saturated heterocycles. The number of amides is 1. The van der Waals surface area contributed by atoms with Gasteiger partial charge in [-0.25, -0.2) is 4.68 Å². The molecule has 3 aromatic rings. The molecule has 0 radical (unpaired) electrons. The Morgan fingerprint density at radius 3 is 2.89 bits per heavy atom. The maximum absolute atomic E-state index is 12.5. The first-order valence-corrected chi connectivity index (χ1v) is 9.45. The highest BCUT2D eigenvalue weighted by Crippen LogP contribution is 2.22. The van der Waals surface area contributed by atoms with Crippen LogP contribution in [0.15, 0.2) is 59.7 Å². The van der Waals surface area contributed by atoms with Crippen molar-refractivity contribution in [3.8, 4) is 11.4 Å². The third-order valence-electron chi connectivity index (χ3n) is 5.02. The van der Waals surface area contributed by atoms with Gasteiger partial charge in [-0.1, -0.05) is 12.1 Å². The predicted octanol–water partition coefficient (Wildman–Crippen LogP) is 2.82. The number of carbonyl (C=O) groups excluding carboxylic acids is 1. The van der Waals surface area contributed by atoms with Crippen molar-refractivity contribution in [2.24, 2.45) is 0 Å². The summed E-state index contributed by atoms with van der Waals surface area (Å²) >= 11 is 0. The van der Waals surface area contributed by atoms with Crippen LogP contribution in [0.25, 0.3) is 5.69 Å². The summed E-state index contributed by atoms with van der Waals surface area (Å²) < 4.78 is 12.3. The second-order valence-corrected chi connectivity index (χ2v) is 6.90. The van der Waals surface area contributed by atoms with E-state index in [1.807, 2.05) is 46.2 Å². The Labute approximate surface area is 164 Å². The van der Waals surface area contributed by atoms with Gasteiger partial charge in [0, 0.05) is 44.5 Å². The van der Waals surface area contributed by atoms with Gasteiger partial charge in [-0.05, 0) is 24.6 Å². The van der Waals surface area contributed by atoms with E-state index in [9.17, 15) is 4.79 Å². The lowest BCUT2D eigenvalue weighted by Crippen LogP contribution is -2.34. The van der Waals surface area contributed by atoms with Gasteiger partial charge in [0.1, 0.15) is 17.7 Å². The first kappa shape index (κ1) is 18.3. The number of benzene rings is 1. The molecule has 0 N–H and O–H groups in total. The molecule has 0 saturated carbocycles. The van der Waals surface area contributed by atoms with E-state index in [1.54, 1.807) is 13.2 Å². The molecule has 0 spiro atoms. The van der Waals surface area contributed by atoms with E-state index >= 15 is 0 Å². The van der Waals surface area contributed by atoms with Crippen LogP contribution in [-0.4, -0.2) is 58.8 Å². The van der Waals surface area contributed by atoms with Gasteiger partial charge in [0.25, 0.3) is 5.91 Å². The van der Waals surface area contributed by atoms with Gasteiger partial charge in [-0.2, -0.15) is 5.10 Å². The van der Waals surface area contributed by atoms with Crippen molar-refractivity contribution in [3.05, 3.63) is 66.4 Å². The van der Waals surface area contributed by atoms with Crippen molar-refractivity contribution < 1.29 is 13.9 Å². The predicted molar refractivity (Wildman–Crippen MR) is 105 cm³/mol. The molecule has 0 aliphatic carbocycles. The second kappa shape index (κ2) is 8.31. The topological polar surface area (TPSA) is 63.7 Å². The fraction of sp³-hybridized carbons (Fsp3) is 0.333. The molecule has 4 rings (SSSR count). The van der Waals surface area contributed by atoms with Crippen molar-refractivity contribution >= 4 is 5.91 Å². The zero-order chi connectivity index (χ0) is 19.3. The van der Waals surface area contributed by atoms with Crippen LogP contribution in [0.1, 0.15) is 22.3 Å². The zero-order valence-corrected chi connectivity index (χ0v) is 16.0. The number of nitrogens with zero attached hydrogens (tertiary/aromatic N) is 4. The van der Waals surface area contributed by atoms with E-state index in [2.05, 4.69) is 10.00 Å². The van der Waals surface area contributed by atoms with Gasteiger partial charge in [0.15, 0.2) is 0 Å². The first-order valence-electron chi connectivity index (χ1n) is 9.45. The lowest BCUT2D eigenvalue weighted by atomic mass is 10.3. The summed E-state index contributed by atoms with van der Waals surface area (Å²) in [5, 5.41) is 4.50. The molecule has 0 atom stereocenters. The van der Waals surface area contributed by atoms with Gasteiger partial charge in [-0.3, -0.25) is 9.69 Å². The monoisotopic (exact) mass is 380 g/mol. The van der Waals surface area contributed by atoms with E-state index in [0.717, 1.165) is 49.6 Å². The van der Waals surface area contributed by atoms with Gasteiger partial charge in [0.2, 0.25) is 0 Å². The Bertz CT molecular complexity index is 919. The molecule has 28 heavy (non-hydrogen) atoms. The summed E-state index contributed by atoms with van der Waals surface area (Å²) in [4.78, 5) is 16.8. The van der Waals surface area contributed by atoms with E-state index in [4.69, 9.17) is 9.15 Å². The Balaban J connectivity index is 1.39. The highest BCUT2D eigenvalue weighted by atomic mass is 16.5. The molecule has 3 heterocycles. The summed E-state index contributed by atoms with van der Waals surface area (Å²) in [6, 6.07) is 9.55. The maximum atomic E-state index is 12.5. The van der Waals surface area contributed by atoms with E-state index < -0.39 is 0 Å². The zero-order valence-electron chi connectivity index (χ0n) is 16.0. The molecule has 1 amide bonds. The molecular formula is C21H24N4O3. The number of methoxy groups -OCH3 is 1. The van der Waals surface area contributed by atoms with Gasteiger partial charge in [-0.15, -0.1) is 0 Å². The number of hydrogen-bond donors (Lipinski definition) is 0. The summed E-state index contributed by atoms with van der Waals surface area (Å²) in [7, 11) is 1.66. The Kier molecular flexibility index (Phi) is 5.43. The third kappa shape index (κ3) is 3.94. The number of ether oxygens (including phenoxy) is 1. The SMILES string of the molecule is COc1ccccc1-n1cc(CN2CCCN(C(=O)c3ccoc3)CC2)cn1. The molecule has 7 nitrogen and oxygen atoms in total. The van der Waals surface area contributed by atoms with Crippen molar-refractivity contribution in [2.75, 3.05) is 33.3 Å². The number of aromatic nitrogens is 2. The standard InChI is InChI=1S/C21H24N4O3/c1-27-20-6-3-2-5-19(20)25-15-17(13-22-25)14-23-8-4-9-24(11-10-23)21(26)18-7-12-28-16-18/h2-3,5-7,12-13,15-16H,4,8-11,14H2,1H3. The summed E-state index contributed by atoms with van der Waals surface area (Å²) in [6.07, 6.45) is 7.93. The Morgan fingerprint density at radius 2 is 2.07 bits per heavy atom. The maximum Gasteiger partial charge on any atom is 0.257 e. The molecule has 1 aliphatic heterocycles. The van der Waals surface area contributed by atoms with Crippen molar-refractivity contribution in [2.45, 2.75) is 13.0 Å². The smallest absolute Gasteiger partial charge is 0.257 e. The number of carbonyl (C=O) groups is 1. The van der Waals surface area contributed by atoms with Crippen LogP contribution in [0, 0.1) is 0 Å². The van der Waals surface area contributed by atoms with Crippen LogP contribution in [0.4, 0.5) is 0 Å². The molecule has 7 heteroatoms. The van der Waals surface area contributed by atoms with Gasteiger partial charge in [0.05, 0.1) is 25.1 Å². The molecule has 146 valence electrons. The summed E-state index contributed by atoms with van der Waals surface area (Å²) in [5.41, 5.74) is 2.68. The van der Waals surface area contributed by atoms with E-state index in [-0.39, 0.29) is 5.91 Å². The average Bonchev–Trinajstić information content (AvgIpc) is 3.37. The molecule has 2 aromatic heterocycles. The van der Waals surface area contributed by atoms with Crippen LogP contribution in [0.3, 0.4) is 0 Å². The van der Waals surface area contributed by atoms with Crippen LogP contribution in [-0.2, 0) is 6.54 Å². The molecule has 0 unspecified atom stereocenters. The minimum Gasteiger partial charge on any atom is -0.494 e. The van der Waals surface area contributed by atoms with Gasteiger partial charge < -0.3 is 14.1 Å². The highest BCUT2D eigenvalue weighted by molar-refractivity contribution is 5.93. The molecule has 1 aliphatic rings. The quantitative estimate of drug-likeness (QED) is 0.681. The van der Waals surface area contributed by atoms with Crippen LogP contribution in [0.5, 0.6) is 5.75 Å². The lowest BCUT2D eigenvalue weighted by molar-refractivity contribution is 0.0760. The second-order valence-electron chi connectivity index (χ2n) is 6.90. The summed E-state index contributed by atoms with van der Waals surface area (Å²) in [5.74, 6) is 0.833. The van der Waals surface area contributed by atoms with E-state index in [0.29, 0.717) is 12.1 Å². The van der Waals surface area contributed by atoms with Crippen molar-refractivity contribution in [1.82, 2.24) is 19.6 Å². The summed E-state index contributed by atoms with van der Waals surface area (Å²) in [6.45, 7) is 4.08. The molecular weight excluding hydrogens is 356 g/mol. The largest absolute Gasteiger partial charge is 0.494 e. The number of para-hydroxylation sites is 2. The van der Waals surface area contributed by atoms with Gasteiger partial charge >= 0.3 is 0 Å². The van der Waals surface area contributed by atoms with Crippen LogP contribution in [0.2, 0.25) is 0 Å². The fourth-order valence-corrected chi connectivity index (χ4v) is 3.55. The molecule has 0 bridgehead atoms. The van der Waals surface area contributed by atoms with E-state index in [1.165, 1.54) is 12.5 Å². The number of rotatable bonds is 5. The average molecular weight is 380 g/mol. The molecule has 1 fully saturated rings. The first-order chi connectivity index (χ1) is 13.7. The molecule has 1 aromatic carbocycles. The van der Waals surface area contributed by atoms with Crippen molar-refractivity contribution in [3.63, 3.8) is 0 Å². The number of furan rings is 1. The normalized spacial score (nSPS) is 15.4. The fourth-order valence-electron chi connectivity index (χ4n) is 3.55. The van der Waals surface area contributed by atoms with Crippen LogP contribution < -0.4 is 4.74 Å². The Morgan fingerprint density at radius 1 is 1.18 bits per heavy atom. The van der Waals surface area contributed by atoms with Crippen molar-refractivity contribution in [1.29, 1.82) is 0 Å². The number of hydrogen-bond acceptors (Lipinski definition) is 5.